The molecule has 4 nitrogen and oxygen atoms in total. The van der Waals surface area contributed by atoms with Gasteiger partial charge in [0.2, 0.25) is 5.91 Å². The molecule has 2 rings (SSSR count). The lowest BCUT2D eigenvalue weighted by Crippen LogP contribution is -2.48. The van der Waals surface area contributed by atoms with E-state index in [2.05, 4.69) is 10.6 Å². The van der Waals surface area contributed by atoms with Crippen molar-refractivity contribution in [3.63, 3.8) is 0 Å². The van der Waals surface area contributed by atoms with Gasteiger partial charge in [-0.25, -0.2) is 0 Å². The molecular formula is C11H20N2O2. The van der Waals surface area contributed by atoms with Gasteiger partial charge >= 0.3 is 0 Å². The Hall–Kier alpha value is -0.610. The molecule has 0 bridgehead atoms. The average molecular weight is 212 g/mol. The number of piperidine rings is 1. The molecule has 1 unspecified atom stereocenters. The van der Waals surface area contributed by atoms with Crippen LogP contribution in [0.1, 0.15) is 32.1 Å². The lowest BCUT2D eigenvalue weighted by atomic mass is 10.0. The standard InChI is InChI=1S/C11H20N2O2/c14-8-11(4-5-11)7-13-10(15)9-3-1-2-6-12-9/h9,12,14H,1-8H2,(H,13,15). The highest BCUT2D eigenvalue weighted by Gasteiger charge is 2.42. The Morgan fingerprint density at radius 1 is 1.47 bits per heavy atom. The van der Waals surface area contributed by atoms with Crippen molar-refractivity contribution >= 4 is 5.91 Å². The third-order valence-electron chi connectivity index (χ3n) is 3.56. The second-order valence-corrected chi connectivity index (χ2v) is 4.88. The minimum absolute atomic E-state index is 0.00626. The fourth-order valence-electron chi connectivity index (χ4n) is 2.04. The molecular weight excluding hydrogens is 192 g/mol. The molecule has 86 valence electrons. The van der Waals surface area contributed by atoms with Gasteiger partial charge in [0, 0.05) is 12.0 Å². The maximum Gasteiger partial charge on any atom is 0.237 e. The van der Waals surface area contributed by atoms with Crippen LogP contribution < -0.4 is 10.6 Å². The highest BCUT2D eigenvalue weighted by atomic mass is 16.3. The molecule has 1 atom stereocenters. The quantitative estimate of drug-likeness (QED) is 0.615. The smallest absolute Gasteiger partial charge is 0.237 e. The molecule has 1 aliphatic heterocycles. The summed E-state index contributed by atoms with van der Waals surface area (Å²) in [5, 5.41) is 15.3. The zero-order valence-corrected chi connectivity index (χ0v) is 9.09. The largest absolute Gasteiger partial charge is 0.396 e. The van der Waals surface area contributed by atoms with Crippen LogP contribution in [0.25, 0.3) is 0 Å². The molecule has 0 aromatic heterocycles. The van der Waals surface area contributed by atoms with Gasteiger partial charge in [-0.2, -0.15) is 0 Å². The highest BCUT2D eigenvalue weighted by molar-refractivity contribution is 5.81. The van der Waals surface area contributed by atoms with Crippen LogP contribution in [-0.4, -0.2) is 36.8 Å². The Bertz CT molecular complexity index is 233. The van der Waals surface area contributed by atoms with Gasteiger partial charge in [-0.05, 0) is 32.2 Å². The molecule has 15 heavy (non-hydrogen) atoms. The van der Waals surface area contributed by atoms with Gasteiger partial charge in [0.15, 0.2) is 0 Å². The maximum atomic E-state index is 11.7. The Kier molecular flexibility index (Phi) is 3.26. The summed E-state index contributed by atoms with van der Waals surface area (Å²) in [4.78, 5) is 11.7. The summed E-state index contributed by atoms with van der Waals surface area (Å²) in [5.74, 6) is 0.106. The van der Waals surface area contributed by atoms with Crippen LogP contribution in [0.2, 0.25) is 0 Å². The van der Waals surface area contributed by atoms with E-state index in [0.717, 1.165) is 32.2 Å². The first-order chi connectivity index (χ1) is 7.26. The number of rotatable bonds is 4. The van der Waals surface area contributed by atoms with Gasteiger partial charge in [0.25, 0.3) is 0 Å². The zero-order valence-electron chi connectivity index (χ0n) is 9.09. The van der Waals surface area contributed by atoms with Crippen molar-refractivity contribution in [1.29, 1.82) is 0 Å². The molecule has 0 spiro atoms. The summed E-state index contributed by atoms with van der Waals surface area (Å²) in [6, 6.07) is -0.00626. The van der Waals surface area contributed by atoms with Gasteiger partial charge in [-0.3, -0.25) is 4.79 Å². The van der Waals surface area contributed by atoms with E-state index in [4.69, 9.17) is 5.11 Å². The molecule has 0 radical (unpaired) electrons. The molecule has 1 aliphatic carbocycles. The third-order valence-corrected chi connectivity index (χ3v) is 3.56. The summed E-state index contributed by atoms with van der Waals surface area (Å²) in [6.45, 7) is 1.79. The zero-order chi connectivity index (χ0) is 10.7. The van der Waals surface area contributed by atoms with Crippen LogP contribution in [-0.2, 0) is 4.79 Å². The van der Waals surface area contributed by atoms with Crippen molar-refractivity contribution in [3.8, 4) is 0 Å². The second-order valence-electron chi connectivity index (χ2n) is 4.88. The number of hydrogen-bond donors (Lipinski definition) is 3. The number of aliphatic hydroxyl groups is 1. The first-order valence-electron chi connectivity index (χ1n) is 5.88. The number of carbonyl (C=O) groups is 1. The minimum atomic E-state index is -0.00626. The molecule has 0 aromatic carbocycles. The van der Waals surface area contributed by atoms with Crippen LogP contribution in [0, 0.1) is 5.41 Å². The van der Waals surface area contributed by atoms with Gasteiger partial charge in [0.1, 0.15) is 0 Å². The number of carbonyl (C=O) groups excluding carboxylic acids is 1. The van der Waals surface area contributed by atoms with Crippen molar-refractivity contribution in [2.75, 3.05) is 19.7 Å². The van der Waals surface area contributed by atoms with E-state index < -0.39 is 0 Å². The third kappa shape index (κ3) is 2.69. The van der Waals surface area contributed by atoms with E-state index in [9.17, 15) is 4.79 Å². The predicted molar refractivity (Wildman–Crippen MR) is 57.4 cm³/mol. The Labute approximate surface area is 90.4 Å². The molecule has 2 fully saturated rings. The van der Waals surface area contributed by atoms with Gasteiger partial charge < -0.3 is 15.7 Å². The average Bonchev–Trinajstić information content (AvgIpc) is 3.08. The summed E-state index contributed by atoms with van der Waals surface area (Å²) >= 11 is 0. The Balaban J connectivity index is 1.72. The normalized spacial score (nSPS) is 28.5. The van der Waals surface area contributed by atoms with Crippen molar-refractivity contribution < 1.29 is 9.90 Å². The lowest BCUT2D eigenvalue weighted by molar-refractivity contribution is -0.124. The van der Waals surface area contributed by atoms with E-state index in [1.807, 2.05) is 0 Å². The molecule has 1 heterocycles. The summed E-state index contributed by atoms with van der Waals surface area (Å²) in [5.41, 5.74) is 0.0182. The highest BCUT2D eigenvalue weighted by Crippen LogP contribution is 2.44. The predicted octanol–water partition coefficient (Wildman–Crippen LogP) is 0.0172. The van der Waals surface area contributed by atoms with Crippen molar-refractivity contribution in [2.24, 2.45) is 5.41 Å². The monoisotopic (exact) mass is 212 g/mol. The molecule has 1 amide bonds. The minimum Gasteiger partial charge on any atom is -0.396 e. The number of hydrogen-bond acceptors (Lipinski definition) is 3. The van der Waals surface area contributed by atoms with Crippen LogP contribution in [0.3, 0.4) is 0 Å². The summed E-state index contributed by atoms with van der Waals surface area (Å²) in [6.07, 6.45) is 5.34. The maximum absolute atomic E-state index is 11.7. The molecule has 2 aliphatic rings. The van der Waals surface area contributed by atoms with E-state index in [1.165, 1.54) is 6.42 Å². The number of aliphatic hydroxyl groups excluding tert-OH is 1. The van der Waals surface area contributed by atoms with Crippen molar-refractivity contribution in [1.82, 2.24) is 10.6 Å². The summed E-state index contributed by atoms with van der Waals surface area (Å²) in [7, 11) is 0. The number of nitrogens with one attached hydrogen (secondary N) is 2. The summed E-state index contributed by atoms with van der Waals surface area (Å²) < 4.78 is 0. The van der Waals surface area contributed by atoms with Crippen LogP contribution in [0.5, 0.6) is 0 Å². The molecule has 1 saturated heterocycles. The second kappa shape index (κ2) is 4.49. The molecule has 4 heteroatoms. The molecule has 3 N–H and O–H groups in total. The fourth-order valence-corrected chi connectivity index (χ4v) is 2.04. The lowest BCUT2D eigenvalue weighted by Gasteiger charge is -2.23. The number of amides is 1. The SMILES string of the molecule is O=C(NCC1(CO)CC1)C1CCCCN1. The van der Waals surface area contributed by atoms with E-state index >= 15 is 0 Å². The Morgan fingerprint density at radius 3 is 2.80 bits per heavy atom. The van der Waals surface area contributed by atoms with Gasteiger partial charge in [-0.1, -0.05) is 6.42 Å². The van der Waals surface area contributed by atoms with E-state index in [1.54, 1.807) is 0 Å². The van der Waals surface area contributed by atoms with Crippen LogP contribution >= 0.6 is 0 Å². The van der Waals surface area contributed by atoms with Gasteiger partial charge in [-0.15, -0.1) is 0 Å². The Morgan fingerprint density at radius 2 is 2.27 bits per heavy atom. The first-order valence-corrected chi connectivity index (χ1v) is 5.88. The molecule has 0 aromatic rings. The van der Waals surface area contributed by atoms with Crippen molar-refractivity contribution in [3.05, 3.63) is 0 Å². The van der Waals surface area contributed by atoms with Crippen LogP contribution in [0.15, 0.2) is 0 Å². The van der Waals surface area contributed by atoms with Gasteiger partial charge in [0.05, 0.1) is 12.6 Å². The molecule has 1 saturated carbocycles. The fraction of sp³-hybridized carbons (Fsp3) is 0.909. The van der Waals surface area contributed by atoms with E-state index in [-0.39, 0.29) is 24.0 Å². The van der Waals surface area contributed by atoms with E-state index in [0.29, 0.717) is 6.54 Å². The van der Waals surface area contributed by atoms with Crippen LogP contribution in [0.4, 0.5) is 0 Å². The van der Waals surface area contributed by atoms with Crippen molar-refractivity contribution in [2.45, 2.75) is 38.1 Å². The topological polar surface area (TPSA) is 61.4 Å². The first kappa shape index (κ1) is 10.9.